The molecule has 1 spiro atoms. The van der Waals surface area contributed by atoms with Gasteiger partial charge in [-0.1, -0.05) is 18.9 Å². The minimum Gasteiger partial charge on any atom is -0.496 e. The van der Waals surface area contributed by atoms with Crippen molar-refractivity contribution in [3.05, 3.63) is 18.2 Å². The van der Waals surface area contributed by atoms with E-state index < -0.39 is 0 Å². The van der Waals surface area contributed by atoms with E-state index in [0.717, 1.165) is 34.9 Å². The number of ether oxygens (including phenoxy) is 1. The van der Waals surface area contributed by atoms with Crippen molar-refractivity contribution < 1.29 is 9.53 Å². The van der Waals surface area contributed by atoms with E-state index in [1.165, 1.54) is 12.8 Å². The Hall–Kier alpha value is -1.16. The Labute approximate surface area is 111 Å². The maximum absolute atomic E-state index is 12.4. The smallest absolute Gasteiger partial charge is 0.231 e. The van der Waals surface area contributed by atoms with Crippen LogP contribution in [0.1, 0.15) is 25.7 Å². The summed E-state index contributed by atoms with van der Waals surface area (Å²) in [6, 6.07) is 5.83. The summed E-state index contributed by atoms with van der Waals surface area (Å²) in [6.45, 7) is 0. The van der Waals surface area contributed by atoms with Crippen LogP contribution in [0.5, 0.6) is 5.75 Å². The summed E-state index contributed by atoms with van der Waals surface area (Å²) in [5.74, 6) is 1.92. The third-order valence-corrected chi connectivity index (χ3v) is 5.39. The number of carbonyl (C=O) groups is 1. The van der Waals surface area contributed by atoms with Crippen LogP contribution >= 0.6 is 11.8 Å². The van der Waals surface area contributed by atoms with Gasteiger partial charge in [0.15, 0.2) is 0 Å². The number of methoxy groups -OCH3 is 1. The zero-order valence-corrected chi connectivity index (χ0v) is 11.3. The first-order valence-corrected chi connectivity index (χ1v) is 7.35. The van der Waals surface area contributed by atoms with Gasteiger partial charge in [-0.25, -0.2) is 0 Å². The third kappa shape index (κ3) is 1.79. The highest BCUT2D eigenvalue weighted by atomic mass is 32.2. The molecule has 0 bridgehead atoms. The molecule has 1 fully saturated rings. The predicted octanol–water partition coefficient (Wildman–Crippen LogP) is 3.30. The second-order valence-corrected chi connectivity index (χ2v) is 6.05. The van der Waals surface area contributed by atoms with E-state index in [2.05, 4.69) is 5.32 Å². The van der Waals surface area contributed by atoms with Gasteiger partial charge in [0, 0.05) is 5.75 Å². The van der Waals surface area contributed by atoms with E-state index in [1.54, 1.807) is 18.9 Å². The largest absolute Gasteiger partial charge is 0.496 e. The summed E-state index contributed by atoms with van der Waals surface area (Å²) in [5.41, 5.74) is 0.738. The summed E-state index contributed by atoms with van der Waals surface area (Å²) in [5, 5.41) is 3.09. The summed E-state index contributed by atoms with van der Waals surface area (Å²) < 4.78 is 5.38. The topological polar surface area (TPSA) is 38.3 Å². The van der Waals surface area contributed by atoms with Crippen molar-refractivity contribution >= 4 is 23.4 Å². The first kappa shape index (κ1) is 11.9. The highest BCUT2D eigenvalue weighted by Crippen LogP contribution is 2.48. The number of fused-ring (bicyclic) bond motifs is 1. The molecule has 1 heterocycles. The van der Waals surface area contributed by atoms with Gasteiger partial charge in [0.2, 0.25) is 5.91 Å². The van der Waals surface area contributed by atoms with E-state index >= 15 is 0 Å². The van der Waals surface area contributed by atoms with Crippen molar-refractivity contribution in [1.29, 1.82) is 0 Å². The number of benzene rings is 1. The quantitative estimate of drug-likeness (QED) is 0.845. The van der Waals surface area contributed by atoms with Crippen molar-refractivity contribution in [2.75, 3.05) is 18.2 Å². The van der Waals surface area contributed by atoms with Gasteiger partial charge in [-0.2, -0.15) is 0 Å². The fourth-order valence-corrected chi connectivity index (χ4v) is 4.29. The maximum atomic E-state index is 12.4. The van der Waals surface area contributed by atoms with E-state index in [1.807, 2.05) is 18.2 Å². The Morgan fingerprint density at radius 3 is 2.83 bits per heavy atom. The second-order valence-electron chi connectivity index (χ2n) is 5.07. The van der Waals surface area contributed by atoms with Gasteiger partial charge in [-0.3, -0.25) is 4.79 Å². The monoisotopic (exact) mass is 263 g/mol. The van der Waals surface area contributed by atoms with Crippen LogP contribution in [0, 0.1) is 5.41 Å². The molecule has 0 radical (unpaired) electrons. The number of anilines is 1. The number of nitrogens with one attached hydrogen (secondary N) is 1. The molecule has 3 nitrogen and oxygen atoms in total. The minimum absolute atomic E-state index is 0.158. The predicted molar refractivity (Wildman–Crippen MR) is 73.2 cm³/mol. The Kier molecular flexibility index (Phi) is 2.98. The Bertz CT molecular complexity index is 481. The molecule has 3 rings (SSSR count). The van der Waals surface area contributed by atoms with Crippen molar-refractivity contribution in [2.24, 2.45) is 5.41 Å². The first-order chi connectivity index (χ1) is 8.75. The molecule has 1 aliphatic heterocycles. The highest BCUT2D eigenvalue weighted by molar-refractivity contribution is 7.99. The molecule has 2 aliphatic rings. The van der Waals surface area contributed by atoms with Gasteiger partial charge in [0.25, 0.3) is 0 Å². The van der Waals surface area contributed by atoms with Crippen molar-refractivity contribution in [3.8, 4) is 5.75 Å². The lowest BCUT2D eigenvalue weighted by atomic mass is 9.87. The van der Waals surface area contributed by atoms with E-state index in [4.69, 9.17) is 4.74 Å². The molecular formula is C14H17NO2S. The third-order valence-electron chi connectivity index (χ3n) is 3.98. The standard InChI is InChI=1S/C14H17NO2S/c1-17-11-6-4-5-10-12(11)18-9-14(13(16)15-10)7-2-3-8-14/h4-6H,2-3,7-9H2,1H3,(H,15,16). The number of carbonyl (C=O) groups excluding carboxylic acids is 1. The van der Waals surface area contributed by atoms with Crippen LogP contribution in [0.3, 0.4) is 0 Å². The molecule has 4 heteroatoms. The molecule has 1 aromatic carbocycles. The molecule has 1 aliphatic carbocycles. The molecular weight excluding hydrogens is 246 g/mol. The number of rotatable bonds is 1. The molecule has 1 aromatic rings. The van der Waals surface area contributed by atoms with Gasteiger partial charge < -0.3 is 10.1 Å². The lowest BCUT2D eigenvalue weighted by Gasteiger charge is -2.24. The normalized spacial score (nSPS) is 21.3. The lowest BCUT2D eigenvalue weighted by Crippen LogP contribution is -2.34. The Balaban J connectivity index is 1.98. The van der Waals surface area contributed by atoms with Crippen LogP contribution in [0.4, 0.5) is 5.69 Å². The number of thioether (sulfide) groups is 1. The molecule has 1 N–H and O–H groups in total. The van der Waals surface area contributed by atoms with Crippen LogP contribution in [-0.2, 0) is 4.79 Å². The summed E-state index contributed by atoms with van der Waals surface area (Å²) in [6.07, 6.45) is 4.37. The van der Waals surface area contributed by atoms with Gasteiger partial charge in [0.05, 0.1) is 23.1 Å². The fourth-order valence-electron chi connectivity index (χ4n) is 2.88. The highest BCUT2D eigenvalue weighted by Gasteiger charge is 2.43. The molecule has 1 saturated carbocycles. The molecule has 0 saturated heterocycles. The molecule has 0 atom stereocenters. The average Bonchev–Trinajstić information content (AvgIpc) is 2.81. The van der Waals surface area contributed by atoms with Gasteiger partial charge >= 0.3 is 0 Å². The van der Waals surface area contributed by atoms with Crippen molar-refractivity contribution in [3.63, 3.8) is 0 Å². The zero-order chi connectivity index (χ0) is 12.6. The first-order valence-electron chi connectivity index (χ1n) is 6.36. The van der Waals surface area contributed by atoms with E-state index in [9.17, 15) is 4.79 Å². The summed E-state index contributed by atoms with van der Waals surface area (Å²) in [4.78, 5) is 13.5. The fraction of sp³-hybridized carbons (Fsp3) is 0.500. The summed E-state index contributed by atoms with van der Waals surface area (Å²) in [7, 11) is 1.67. The number of hydrogen-bond donors (Lipinski definition) is 1. The van der Waals surface area contributed by atoms with Crippen LogP contribution in [0.25, 0.3) is 0 Å². The van der Waals surface area contributed by atoms with E-state index in [0.29, 0.717) is 0 Å². The number of hydrogen-bond acceptors (Lipinski definition) is 3. The van der Waals surface area contributed by atoms with Crippen LogP contribution < -0.4 is 10.1 Å². The second kappa shape index (κ2) is 4.50. The molecule has 96 valence electrons. The molecule has 0 unspecified atom stereocenters. The molecule has 1 amide bonds. The van der Waals surface area contributed by atoms with Gasteiger partial charge in [-0.15, -0.1) is 11.8 Å². The molecule has 18 heavy (non-hydrogen) atoms. The van der Waals surface area contributed by atoms with Crippen molar-refractivity contribution in [2.45, 2.75) is 30.6 Å². The summed E-state index contributed by atoms with van der Waals surface area (Å²) >= 11 is 1.75. The lowest BCUT2D eigenvalue weighted by molar-refractivity contribution is -0.124. The van der Waals surface area contributed by atoms with Crippen molar-refractivity contribution in [1.82, 2.24) is 0 Å². The number of amides is 1. The zero-order valence-electron chi connectivity index (χ0n) is 10.5. The Morgan fingerprint density at radius 1 is 1.33 bits per heavy atom. The minimum atomic E-state index is -0.158. The maximum Gasteiger partial charge on any atom is 0.231 e. The van der Waals surface area contributed by atoms with Gasteiger partial charge in [-0.05, 0) is 25.0 Å². The SMILES string of the molecule is COc1cccc2c1SCC1(CCCC1)C(=O)N2. The van der Waals surface area contributed by atoms with Crippen LogP contribution in [0.2, 0.25) is 0 Å². The van der Waals surface area contributed by atoms with E-state index in [-0.39, 0.29) is 11.3 Å². The molecule has 0 aromatic heterocycles. The van der Waals surface area contributed by atoms with Gasteiger partial charge in [0.1, 0.15) is 5.75 Å². The van der Waals surface area contributed by atoms with Crippen LogP contribution in [0.15, 0.2) is 23.1 Å². The van der Waals surface area contributed by atoms with Crippen LogP contribution in [-0.4, -0.2) is 18.8 Å². The average molecular weight is 263 g/mol. The Morgan fingerprint density at radius 2 is 2.11 bits per heavy atom.